The van der Waals surface area contributed by atoms with Crippen molar-refractivity contribution in [2.45, 2.75) is 6.54 Å². The van der Waals surface area contributed by atoms with Crippen LogP contribution in [0.15, 0.2) is 41.2 Å². The van der Waals surface area contributed by atoms with E-state index < -0.39 is 11.5 Å². The largest absolute Gasteiger partial charge is 0.468 e. The smallest absolute Gasteiger partial charge is 0.327 e. The van der Waals surface area contributed by atoms with Crippen LogP contribution in [0.5, 0.6) is 0 Å². The second kappa shape index (κ2) is 6.90. The molecule has 0 bridgehead atoms. The number of hydrogen-bond donors (Lipinski definition) is 0. The van der Waals surface area contributed by atoms with Crippen LogP contribution in [-0.4, -0.2) is 33.1 Å². The van der Waals surface area contributed by atoms with Crippen molar-refractivity contribution in [3.63, 3.8) is 0 Å². The highest BCUT2D eigenvalue weighted by molar-refractivity contribution is 7.17. The molecule has 3 aromatic rings. The first kappa shape index (κ1) is 16.3. The summed E-state index contributed by atoms with van der Waals surface area (Å²) in [6, 6.07) is 10.1. The average Bonchev–Trinajstić information content (AvgIpc) is 3.07. The lowest BCUT2D eigenvalue weighted by Crippen LogP contribution is -2.26. The number of nitrogens with zero attached hydrogens (tertiary/aromatic N) is 4. The Morgan fingerprint density at radius 2 is 2.04 bits per heavy atom. The van der Waals surface area contributed by atoms with Gasteiger partial charge in [0.2, 0.25) is 0 Å². The number of esters is 1. The van der Waals surface area contributed by atoms with Gasteiger partial charge >= 0.3 is 5.97 Å². The second-order valence-electron chi connectivity index (χ2n) is 4.71. The maximum Gasteiger partial charge on any atom is 0.327 e. The Balaban J connectivity index is 1.94. The fourth-order valence-electron chi connectivity index (χ4n) is 1.93. The molecule has 0 saturated carbocycles. The van der Waals surface area contributed by atoms with E-state index in [4.69, 9.17) is 11.6 Å². The predicted octanol–water partition coefficient (Wildman–Crippen LogP) is 2.26. The molecule has 0 fully saturated rings. The van der Waals surface area contributed by atoms with E-state index in [1.165, 1.54) is 24.5 Å². The number of carbonyl (C=O) groups is 1. The van der Waals surface area contributed by atoms with Crippen molar-refractivity contribution in [2.24, 2.45) is 0 Å². The molecule has 0 atom stereocenters. The summed E-state index contributed by atoms with van der Waals surface area (Å²) in [5.41, 5.74) is 0.891. The van der Waals surface area contributed by atoms with Crippen LogP contribution in [0.4, 0.5) is 0 Å². The van der Waals surface area contributed by atoms with E-state index in [2.05, 4.69) is 20.0 Å². The first-order valence-electron chi connectivity index (χ1n) is 6.81. The molecule has 0 unspecified atom stereocenters. The molecular formula is C15H11ClN4O3S. The summed E-state index contributed by atoms with van der Waals surface area (Å²) < 4.78 is 5.58. The minimum Gasteiger partial charge on any atom is -0.468 e. The number of rotatable bonds is 4. The van der Waals surface area contributed by atoms with Crippen LogP contribution in [-0.2, 0) is 16.1 Å². The Morgan fingerprint density at radius 3 is 2.79 bits per heavy atom. The molecule has 3 rings (SSSR count). The first-order valence-corrected chi connectivity index (χ1v) is 8.01. The Morgan fingerprint density at radius 1 is 1.25 bits per heavy atom. The summed E-state index contributed by atoms with van der Waals surface area (Å²) in [6.45, 7) is -0.261. The maximum atomic E-state index is 11.8. The summed E-state index contributed by atoms with van der Waals surface area (Å²) in [5.74, 6) is -0.557. The maximum absolute atomic E-state index is 11.8. The molecule has 24 heavy (non-hydrogen) atoms. The van der Waals surface area contributed by atoms with Crippen LogP contribution in [0, 0.1) is 0 Å². The average molecular weight is 363 g/mol. The van der Waals surface area contributed by atoms with Gasteiger partial charge < -0.3 is 4.74 Å². The number of hydrogen-bond acceptors (Lipinski definition) is 7. The molecule has 0 aliphatic rings. The molecule has 0 aliphatic heterocycles. The fraction of sp³-hybridized carbons (Fsp3) is 0.133. The molecule has 0 saturated heterocycles. The standard InChI is InChI=1S/C15H11ClN4O3S/c1-23-13(22)8-20-12(21)6-5-11(19-20)15-18-17-14(24-15)9-3-2-4-10(16)7-9/h2-7H,8H2,1H3. The Labute approximate surface area is 145 Å². The number of carbonyl (C=O) groups excluding carboxylic acids is 1. The van der Waals surface area contributed by atoms with Crippen LogP contribution >= 0.6 is 22.9 Å². The topological polar surface area (TPSA) is 87.0 Å². The third-order valence-corrected chi connectivity index (χ3v) is 4.32. The number of benzene rings is 1. The molecule has 9 heteroatoms. The van der Waals surface area contributed by atoms with Gasteiger partial charge in [-0.05, 0) is 18.2 Å². The summed E-state index contributed by atoms with van der Waals surface area (Å²) in [7, 11) is 1.25. The Kier molecular flexibility index (Phi) is 4.68. The normalized spacial score (nSPS) is 10.6. The highest BCUT2D eigenvalue weighted by Gasteiger charge is 2.13. The van der Waals surface area contributed by atoms with E-state index >= 15 is 0 Å². The number of halogens is 1. The molecule has 1 aromatic carbocycles. The Hall–Kier alpha value is -2.58. The number of methoxy groups -OCH3 is 1. The summed E-state index contributed by atoms with van der Waals surface area (Å²) in [5, 5.41) is 14.2. The van der Waals surface area contributed by atoms with E-state index in [0.717, 1.165) is 10.2 Å². The van der Waals surface area contributed by atoms with Crippen molar-refractivity contribution in [1.29, 1.82) is 0 Å². The molecule has 0 aliphatic carbocycles. The van der Waals surface area contributed by atoms with Gasteiger partial charge in [-0.25, -0.2) is 4.68 Å². The lowest BCUT2D eigenvalue weighted by Gasteiger charge is -2.03. The monoisotopic (exact) mass is 362 g/mol. The minimum absolute atomic E-state index is 0.261. The zero-order chi connectivity index (χ0) is 17.1. The summed E-state index contributed by atoms with van der Waals surface area (Å²) in [4.78, 5) is 23.1. The summed E-state index contributed by atoms with van der Waals surface area (Å²) >= 11 is 7.29. The van der Waals surface area contributed by atoms with E-state index in [1.807, 2.05) is 12.1 Å². The van der Waals surface area contributed by atoms with E-state index in [1.54, 1.807) is 18.2 Å². The lowest BCUT2D eigenvalue weighted by molar-refractivity contribution is -0.141. The van der Waals surface area contributed by atoms with Gasteiger partial charge in [0, 0.05) is 16.7 Å². The SMILES string of the molecule is COC(=O)Cn1nc(-c2nnc(-c3cccc(Cl)c3)s2)ccc1=O. The third kappa shape index (κ3) is 3.50. The highest BCUT2D eigenvalue weighted by Crippen LogP contribution is 2.29. The van der Waals surface area contributed by atoms with Gasteiger partial charge in [-0.1, -0.05) is 35.1 Å². The third-order valence-electron chi connectivity index (χ3n) is 3.09. The molecule has 7 nitrogen and oxygen atoms in total. The van der Waals surface area contributed by atoms with Crippen LogP contribution in [0.1, 0.15) is 0 Å². The highest BCUT2D eigenvalue weighted by atomic mass is 35.5. The lowest BCUT2D eigenvalue weighted by atomic mass is 10.2. The molecule has 0 radical (unpaired) electrons. The van der Waals surface area contributed by atoms with Gasteiger partial charge in [0.1, 0.15) is 17.2 Å². The van der Waals surface area contributed by atoms with Crippen molar-refractivity contribution in [3.05, 3.63) is 51.8 Å². The van der Waals surface area contributed by atoms with Crippen molar-refractivity contribution in [1.82, 2.24) is 20.0 Å². The van der Waals surface area contributed by atoms with Gasteiger partial charge in [-0.2, -0.15) is 5.10 Å². The van der Waals surface area contributed by atoms with Crippen molar-refractivity contribution >= 4 is 28.9 Å². The second-order valence-corrected chi connectivity index (χ2v) is 6.13. The van der Waals surface area contributed by atoms with Gasteiger partial charge in [-0.3, -0.25) is 9.59 Å². The van der Waals surface area contributed by atoms with Crippen molar-refractivity contribution in [2.75, 3.05) is 7.11 Å². The summed E-state index contributed by atoms with van der Waals surface area (Å²) in [6.07, 6.45) is 0. The van der Waals surface area contributed by atoms with Gasteiger partial charge in [0.25, 0.3) is 5.56 Å². The molecule has 0 spiro atoms. The van der Waals surface area contributed by atoms with Crippen LogP contribution < -0.4 is 5.56 Å². The molecular weight excluding hydrogens is 352 g/mol. The predicted molar refractivity (Wildman–Crippen MR) is 89.9 cm³/mol. The van der Waals surface area contributed by atoms with Crippen LogP contribution in [0.2, 0.25) is 5.02 Å². The number of ether oxygens (including phenoxy) is 1. The zero-order valence-electron chi connectivity index (χ0n) is 12.5. The van der Waals surface area contributed by atoms with Crippen molar-refractivity contribution < 1.29 is 9.53 Å². The first-order chi connectivity index (χ1) is 11.6. The van der Waals surface area contributed by atoms with Gasteiger partial charge in [-0.15, -0.1) is 10.2 Å². The molecule has 122 valence electrons. The fourth-order valence-corrected chi connectivity index (χ4v) is 2.92. The van der Waals surface area contributed by atoms with E-state index in [0.29, 0.717) is 20.7 Å². The van der Waals surface area contributed by atoms with E-state index in [9.17, 15) is 9.59 Å². The minimum atomic E-state index is -0.557. The molecule has 2 aromatic heterocycles. The zero-order valence-corrected chi connectivity index (χ0v) is 14.0. The molecule has 0 N–H and O–H groups in total. The molecule has 0 amide bonds. The van der Waals surface area contributed by atoms with Crippen molar-refractivity contribution in [3.8, 4) is 21.3 Å². The van der Waals surface area contributed by atoms with Gasteiger partial charge in [0.15, 0.2) is 5.01 Å². The Bertz CT molecular complexity index is 954. The van der Waals surface area contributed by atoms with Gasteiger partial charge in [0.05, 0.1) is 7.11 Å². The van der Waals surface area contributed by atoms with Crippen LogP contribution in [0.3, 0.4) is 0 Å². The quantitative estimate of drug-likeness (QED) is 0.661. The van der Waals surface area contributed by atoms with Crippen LogP contribution in [0.25, 0.3) is 21.3 Å². The van der Waals surface area contributed by atoms with E-state index in [-0.39, 0.29) is 6.54 Å². The number of aromatic nitrogens is 4. The molecule has 2 heterocycles.